The number of amides is 1. The Kier molecular flexibility index (Phi) is 4.98. The van der Waals surface area contributed by atoms with E-state index in [2.05, 4.69) is 5.10 Å². The van der Waals surface area contributed by atoms with Gasteiger partial charge in [-0.15, -0.1) is 0 Å². The molecule has 3 aromatic rings. The lowest BCUT2D eigenvalue weighted by molar-refractivity contribution is -0.137. The Morgan fingerprint density at radius 2 is 1.78 bits per heavy atom. The van der Waals surface area contributed by atoms with E-state index in [0.717, 1.165) is 18.3 Å². The molecular formula is C19H16F3N3O2. The standard InChI is InChI=1S/C19H16F3N3O2/c1-24(11-13-6-8-14(9-7-13)19(20,21)22)18(27)12-25-16-5-3-2-4-15(16)17(26)10-23-25/h2-10H,11-12H2,1H3. The number of hydrogen-bond donors (Lipinski definition) is 0. The molecule has 3 rings (SSSR count). The fourth-order valence-corrected chi connectivity index (χ4v) is 2.70. The Morgan fingerprint density at radius 1 is 1.11 bits per heavy atom. The first-order chi connectivity index (χ1) is 12.8. The number of halogens is 3. The smallest absolute Gasteiger partial charge is 0.340 e. The highest BCUT2D eigenvalue weighted by atomic mass is 19.4. The Labute approximate surface area is 152 Å². The molecule has 1 heterocycles. The van der Waals surface area contributed by atoms with Gasteiger partial charge in [0.05, 0.1) is 17.3 Å². The van der Waals surface area contributed by atoms with Gasteiger partial charge in [0.2, 0.25) is 11.3 Å². The topological polar surface area (TPSA) is 55.2 Å². The number of alkyl halides is 3. The highest BCUT2D eigenvalue weighted by molar-refractivity contribution is 5.81. The number of fused-ring (bicyclic) bond motifs is 1. The maximum absolute atomic E-state index is 12.6. The number of nitrogens with zero attached hydrogens (tertiary/aromatic N) is 3. The lowest BCUT2D eigenvalue weighted by Crippen LogP contribution is -2.31. The summed E-state index contributed by atoms with van der Waals surface area (Å²) in [5, 5.41) is 4.47. The van der Waals surface area contributed by atoms with Crippen molar-refractivity contribution in [2.45, 2.75) is 19.3 Å². The van der Waals surface area contributed by atoms with Crippen molar-refractivity contribution in [1.82, 2.24) is 14.7 Å². The van der Waals surface area contributed by atoms with Gasteiger partial charge in [-0.05, 0) is 29.8 Å². The van der Waals surface area contributed by atoms with Crippen LogP contribution in [0.3, 0.4) is 0 Å². The summed E-state index contributed by atoms with van der Waals surface area (Å²) in [6.45, 7) is 0.0764. The number of para-hydroxylation sites is 1. The molecule has 0 unspecified atom stereocenters. The van der Waals surface area contributed by atoms with E-state index in [1.165, 1.54) is 21.7 Å². The van der Waals surface area contributed by atoms with Gasteiger partial charge < -0.3 is 4.90 Å². The van der Waals surface area contributed by atoms with Crippen LogP contribution < -0.4 is 5.43 Å². The van der Waals surface area contributed by atoms with Gasteiger partial charge in [-0.2, -0.15) is 18.3 Å². The largest absolute Gasteiger partial charge is 0.416 e. The Balaban J connectivity index is 1.73. The van der Waals surface area contributed by atoms with Crippen molar-refractivity contribution in [2.24, 2.45) is 0 Å². The van der Waals surface area contributed by atoms with Crippen LogP contribution in [-0.4, -0.2) is 27.6 Å². The number of benzene rings is 2. The van der Waals surface area contributed by atoms with E-state index < -0.39 is 11.7 Å². The first kappa shape index (κ1) is 18.6. The fourth-order valence-electron chi connectivity index (χ4n) is 2.70. The molecule has 0 bridgehead atoms. The summed E-state index contributed by atoms with van der Waals surface area (Å²) < 4.78 is 39.3. The van der Waals surface area contributed by atoms with Crippen LogP contribution in [-0.2, 0) is 24.1 Å². The average molecular weight is 375 g/mol. The number of rotatable bonds is 4. The molecule has 8 heteroatoms. The van der Waals surface area contributed by atoms with Crippen LogP contribution in [0, 0.1) is 0 Å². The predicted octanol–water partition coefficient (Wildman–Crippen LogP) is 3.07. The summed E-state index contributed by atoms with van der Waals surface area (Å²) in [5.41, 5.74) is 0.161. The molecule has 27 heavy (non-hydrogen) atoms. The quantitative estimate of drug-likeness (QED) is 0.704. The van der Waals surface area contributed by atoms with E-state index in [9.17, 15) is 22.8 Å². The van der Waals surface area contributed by atoms with Crippen LogP contribution in [0.4, 0.5) is 13.2 Å². The van der Waals surface area contributed by atoms with E-state index in [1.54, 1.807) is 31.3 Å². The maximum Gasteiger partial charge on any atom is 0.416 e. The zero-order chi connectivity index (χ0) is 19.6. The van der Waals surface area contributed by atoms with Gasteiger partial charge in [0.15, 0.2) is 0 Å². The average Bonchev–Trinajstić information content (AvgIpc) is 2.64. The van der Waals surface area contributed by atoms with Crippen molar-refractivity contribution < 1.29 is 18.0 Å². The van der Waals surface area contributed by atoms with Gasteiger partial charge in [-0.1, -0.05) is 24.3 Å². The Morgan fingerprint density at radius 3 is 2.44 bits per heavy atom. The Bertz CT molecular complexity index is 1030. The predicted molar refractivity (Wildman–Crippen MR) is 93.9 cm³/mol. The second-order valence-corrected chi connectivity index (χ2v) is 6.13. The normalized spacial score (nSPS) is 11.6. The molecule has 0 aliphatic carbocycles. The lowest BCUT2D eigenvalue weighted by atomic mass is 10.1. The number of carbonyl (C=O) groups is 1. The summed E-state index contributed by atoms with van der Waals surface area (Å²) in [7, 11) is 1.56. The Hall–Kier alpha value is -3.16. The van der Waals surface area contributed by atoms with Gasteiger partial charge in [0.1, 0.15) is 6.54 Å². The van der Waals surface area contributed by atoms with Crippen molar-refractivity contribution >= 4 is 16.8 Å². The first-order valence-electron chi connectivity index (χ1n) is 8.10. The SMILES string of the molecule is CN(Cc1ccc(C(F)(F)F)cc1)C(=O)Cn1ncc(=O)c2ccccc21. The van der Waals surface area contributed by atoms with E-state index in [4.69, 9.17) is 0 Å². The summed E-state index contributed by atoms with van der Waals surface area (Å²) in [4.78, 5) is 25.7. The molecule has 1 aromatic heterocycles. The van der Waals surface area contributed by atoms with Crippen molar-refractivity contribution in [2.75, 3.05) is 7.05 Å². The van der Waals surface area contributed by atoms with Crippen LogP contribution in [0.2, 0.25) is 0 Å². The molecule has 0 saturated carbocycles. The van der Waals surface area contributed by atoms with E-state index in [0.29, 0.717) is 16.5 Å². The molecular weight excluding hydrogens is 359 g/mol. The third-order valence-corrected chi connectivity index (χ3v) is 4.17. The molecule has 140 valence electrons. The molecule has 0 aliphatic rings. The van der Waals surface area contributed by atoms with Gasteiger partial charge in [-0.3, -0.25) is 14.3 Å². The highest BCUT2D eigenvalue weighted by Gasteiger charge is 2.30. The molecule has 1 amide bonds. The molecule has 0 saturated heterocycles. The lowest BCUT2D eigenvalue weighted by Gasteiger charge is -2.19. The zero-order valence-corrected chi connectivity index (χ0v) is 14.4. The molecule has 0 aliphatic heterocycles. The second kappa shape index (κ2) is 7.22. The van der Waals surface area contributed by atoms with Crippen LogP contribution in [0.5, 0.6) is 0 Å². The minimum Gasteiger partial charge on any atom is -0.340 e. The fraction of sp³-hybridized carbons (Fsp3) is 0.211. The van der Waals surface area contributed by atoms with Crippen molar-refractivity contribution in [1.29, 1.82) is 0 Å². The number of likely N-dealkylation sites (N-methyl/N-ethyl adjacent to an activating group) is 1. The molecule has 2 aromatic carbocycles. The van der Waals surface area contributed by atoms with Crippen molar-refractivity contribution in [3.8, 4) is 0 Å². The molecule has 0 atom stereocenters. The van der Waals surface area contributed by atoms with E-state index >= 15 is 0 Å². The van der Waals surface area contributed by atoms with Gasteiger partial charge in [0.25, 0.3) is 0 Å². The van der Waals surface area contributed by atoms with Crippen LogP contribution >= 0.6 is 0 Å². The van der Waals surface area contributed by atoms with Gasteiger partial charge in [-0.25, -0.2) is 0 Å². The second-order valence-electron chi connectivity index (χ2n) is 6.13. The minimum atomic E-state index is -4.39. The number of hydrogen-bond acceptors (Lipinski definition) is 3. The third-order valence-electron chi connectivity index (χ3n) is 4.17. The summed E-state index contributed by atoms with van der Waals surface area (Å²) >= 11 is 0. The monoisotopic (exact) mass is 375 g/mol. The number of aromatic nitrogens is 2. The molecule has 0 spiro atoms. The highest BCUT2D eigenvalue weighted by Crippen LogP contribution is 2.29. The van der Waals surface area contributed by atoms with Crippen molar-refractivity contribution in [3.63, 3.8) is 0 Å². The van der Waals surface area contributed by atoms with Crippen molar-refractivity contribution in [3.05, 3.63) is 76.1 Å². The van der Waals surface area contributed by atoms with Gasteiger partial charge in [0, 0.05) is 19.0 Å². The molecule has 0 radical (unpaired) electrons. The molecule has 0 fully saturated rings. The van der Waals surface area contributed by atoms with E-state index in [1.807, 2.05) is 0 Å². The summed E-state index contributed by atoms with van der Waals surface area (Å²) in [6, 6.07) is 11.5. The summed E-state index contributed by atoms with van der Waals surface area (Å²) in [6.07, 6.45) is -3.23. The molecule has 5 nitrogen and oxygen atoms in total. The maximum atomic E-state index is 12.6. The van der Waals surface area contributed by atoms with Crippen LogP contribution in [0.1, 0.15) is 11.1 Å². The molecule has 0 N–H and O–H groups in total. The third kappa shape index (κ3) is 4.16. The van der Waals surface area contributed by atoms with Crippen LogP contribution in [0.15, 0.2) is 59.5 Å². The van der Waals surface area contributed by atoms with Gasteiger partial charge >= 0.3 is 6.18 Å². The van der Waals surface area contributed by atoms with E-state index in [-0.39, 0.29) is 24.4 Å². The van der Waals surface area contributed by atoms with Crippen LogP contribution in [0.25, 0.3) is 10.9 Å². The number of carbonyl (C=O) groups excluding carboxylic acids is 1. The first-order valence-corrected chi connectivity index (χ1v) is 8.10. The zero-order valence-electron chi connectivity index (χ0n) is 14.4. The summed E-state index contributed by atoms with van der Waals surface area (Å²) in [5.74, 6) is -0.281. The minimum absolute atomic E-state index is 0.0854.